The van der Waals surface area contributed by atoms with Crippen molar-refractivity contribution in [3.63, 3.8) is 0 Å². The molecule has 2 fully saturated rings. The molecule has 6 nitrogen and oxygen atoms in total. The van der Waals surface area contributed by atoms with Crippen LogP contribution in [0.4, 0.5) is 5.69 Å². The number of anilines is 1. The molecule has 1 aromatic rings. The molecule has 2 aliphatic rings. The molecular weight excluding hydrogens is 360 g/mol. The number of carbonyl (C=O) groups is 1. The van der Waals surface area contributed by atoms with Crippen LogP contribution in [0.3, 0.4) is 0 Å². The molecule has 2 heterocycles. The highest BCUT2D eigenvalue weighted by Gasteiger charge is 2.49. The molecule has 0 N–H and O–H groups in total. The summed E-state index contributed by atoms with van der Waals surface area (Å²) in [7, 11) is -1.51. The lowest BCUT2D eigenvalue weighted by Crippen LogP contribution is -2.38. The SMILES string of the molecule is COc1ccccc1N1C(=NC(=O)CC(C)C)S[C@@H]2CS(=O)(=O)C[C@@H]21. The Morgan fingerprint density at radius 1 is 1.36 bits per heavy atom. The minimum atomic E-state index is -3.08. The first-order chi connectivity index (χ1) is 11.8. The zero-order valence-electron chi connectivity index (χ0n) is 14.5. The van der Waals surface area contributed by atoms with E-state index in [1.165, 1.54) is 11.8 Å². The Morgan fingerprint density at radius 2 is 2.08 bits per heavy atom. The summed E-state index contributed by atoms with van der Waals surface area (Å²) in [5, 5.41) is 0.459. The first kappa shape index (κ1) is 18.3. The van der Waals surface area contributed by atoms with E-state index in [1.54, 1.807) is 7.11 Å². The monoisotopic (exact) mass is 382 g/mol. The first-order valence-electron chi connectivity index (χ1n) is 8.21. The number of amidine groups is 1. The smallest absolute Gasteiger partial charge is 0.248 e. The molecule has 136 valence electrons. The van der Waals surface area contributed by atoms with E-state index in [2.05, 4.69) is 4.99 Å². The Balaban J connectivity index is 2.01. The predicted octanol–water partition coefficient (Wildman–Crippen LogP) is 2.34. The molecule has 0 unspecified atom stereocenters. The van der Waals surface area contributed by atoms with Crippen LogP contribution < -0.4 is 9.64 Å². The maximum atomic E-state index is 12.2. The third-order valence-electron chi connectivity index (χ3n) is 4.21. The van der Waals surface area contributed by atoms with E-state index >= 15 is 0 Å². The van der Waals surface area contributed by atoms with Gasteiger partial charge in [0, 0.05) is 11.7 Å². The summed E-state index contributed by atoms with van der Waals surface area (Å²) < 4.78 is 29.6. The highest BCUT2D eigenvalue weighted by molar-refractivity contribution is 8.16. The molecule has 0 aromatic heterocycles. The van der Waals surface area contributed by atoms with Gasteiger partial charge in [0.25, 0.3) is 0 Å². The highest BCUT2D eigenvalue weighted by Crippen LogP contribution is 2.43. The Bertz CT molecular complexity index is 805. The van der Waals surface area contributed by atoms with Gasteiger partial charge in [-0.05, 0) is 18.1 Å². The van der Waals surface area contributed by atoms with Crippen LogP contribution in [0.25, 0.3) is 0 Å². The number of sulfone groups is 1. The molecule has 2 atom stereocenters. The third kappa shape index (κ3) is 3.84. The number of benzene rings is 1. The van der Waals surface area contributed by atoms with Crippen molar-refractivity contribution in [2.24, 2.45) is 10.9 Å². The zero-order chi connectivity index (χ0) is 18.2. The van der Waals surface area contributed by atoms with E-state index in [0.29, 0.717) is 17.3 Å². The molecule has 25 heavy (non-hydrogen) atoms. The van der Waals surface area contributed by atoms with Gasteiger partial charge in [-0.15, -0.1) is 0 Å². The van der Waals surface area contributed by atoms with E-state index in [-0.39, 0.29) is 34.6 Å². The van der Waals surface area contributed by atoms with Crippen molar-refractivity contribution < 1.29 is 17.9 Å². The largest absolute Gasteiger partial charge is 0.495 e. The summed E-state index contributed by atoms with van der Waals surface area (Å²) in [6.07, 6.45) is 0.372. The van der Waals surface area contributed by atoms with Crippen molar-refractivity contribution in [3.05, 3.63) is 24.3 Å². The van der Waals surface area contributed by atoms with Gasteiger partial charge in [-0.1, -0.05) is 37.7 Å². The fourth-order valence-corrected chi connectivity index (χ4v) is 7.10. The maximum absolute atomic E-state index is 12.2. The van der Waals surface area contributed by atoms with Crippen LogP contribution >= 0.6 is 11.8 Å². The van der Waals surface area contributed by atoms with E-state index in [9.17, 15) is 13.2 Å². The number of carbonyl (C=O) groups excluding carboxylic acids is 1. The van der Waals surface area contributed by atoms with Crippen LogP contribution in [0.15, 0.2) is 29.3 Å². The topological polar surface area (TPSA) is 76.0 Å². The van der Waals surface area contributed by atoms with Crippen molar-refractivity contribution >= 4 is 38.4 Å². The van der Waals surface area contributed by atoms with Gasteiger partial charge in [-0.2, -0.15) is 4.99 Å². The zero-order valence-corrected chi connectivity index (χ0v) is 16.1. The number of hydrogen-bond acceptors (Lipinski definition) is 5. The van der Waals surface area contributed by atoms with Crippen molar-refractivity contribution in [1.82, 2.24) is 0 Å². The van der Waals surface area contributed by atoms with Crippen LogP contribution in [-0.2, 0) is 14.6 Å². The second-order valence-corrected chi connectivity index (χ2v) is 10.1. The summed E-state index contributed by atoms with van der Waals surface area (Å²) >= 11 is 1.38. The quantitative estimate of drug-likeness (QED) is 0.796. The van der Waals surface area contributed by atoms with E-state index in [0.717, 1.165) is 5.69 Å². The van der Waals surface area contributed by atoms with Crippen molar-refractivity contribution in [2.45, 2.75) is 31.6 Å². The van der Waals surface area contributed by atoms with Crippen molar-refractivity contribution in [1.29, 1.82) is 0 Å². The lowest BCUT2D eigenvalue weighted by molar-refractivity contribution is -0.118. The first-order valence-corrected chi connectivity index (χ1v) is 10.9. The Hall–Kier alpha value is -1.54. The van der Waals surface area contributed by atoms with Crippen LogP contribution in [0.1, 0.15) is 20.3 Å². The number of para-hydroxylation sites is 2. The molecule has 0 saturated carbocycles. The van der Waals surface area contributed by atoms with Gasteiger partial charge in [0.2, 0.25) is 5.91 Å². The Labute approximate surface area is 152 Å². The normalized spacial score (nSPS) is 26.2. The molecule has 1 aromatic carbocycles. The number of ether oxygens (including phenoxy) is 1. The van der Waals surface area contributed by atoms with Gasteiger partial charge in [0.15, 0.2) is 15.0 Å². The van der Waals surface area contributed by atoms with Gasteiger partial charge < -0.3 is 9.64 Å². The molecule has 0 spiro atoms. The van der Waals surface area contributed by atoms with Crippen LogP contribution in [0, 0.1) is 5.92 Å². The number of nitrogens with zero attached hydrogens (tertiary/aromatic N) is 2. The summed E-state index contributed by atoms with van der Waals surface area (Å²) in [4.78, 5) is 18.4. The molecule has 0 aliphatic carbocycles. The molecule has 0 bridgehead atoms. The molecule has 2 aliphatic heterocycles. The lowest BCUT2D eigenvalue weighted by Gasteiger charge is -2.26. The Kier molecular flexibility index (Phi) is 5.11. The van der Waals surface area contributed by atoms with Gasteiger partial charge in [-0.3, -0.25) is 4.79 Å². The summed E-state index contributed by atoms with van der Waals surface area (Å²) in [6.45, 7) is 3.94. The summed E-state index contributed by atoms with van der Waals surface area (Å²) in [5.41, 5.74) is 0.748. The average molecular weight is 383 g/mol. The molecule has 0 radical (unpaired) electrons. The number of aliphatic imine (C=N–C) groups is 1. The van der Waals surface area contributed by atoms with Crippen LogP contribution in [-0.4, -0.2) is 49.4 Å². The number of amides is 1. The summed E-state index contributed by atoms with van der Waals surface area (Å²) in [5.74, 6) is 0.867. The van der Waals surface area contributed by atoms with Gasteiger partial charge in [0.05, 0.1) is 30.3 Å². The second-order valence-electron chi connectivity index (χ2n) is 6.73. The number of fused-ring (bicyclic) bond motifs is 1. The fourth-order valence-electron chi connectivity index (χ4n) is 3.18. The molecule has 1 amide bonds. The van der Waals surface area contributed by atoms with Crippen LogP contribution in [0.2, 0.25) is 0 Å². The molecular formula is C17H22N2O4S2. The molecule has 2 saturated heterocycles. The number of hydrogen-bond donors (Lipinski definition) is 0. The standard InChI is InChI=1S/C17H22N2O4S2/c1-11(2)8-16(20)18-17-19(12-6-4-5-7-14(12)23-3)13-9-25(21,22)10-15(13)24-17/h4-7,11,13,15H,8-10H2,1-3H3/t13-,15+/m0/s1. The lowest BCUT2D eigenvalue weighted by atomic mass is 10.1. The second kappa shape index (κ2) is 6.99. The third-order valence-corrected chi connectivity index (χ3v) is 7.42. The molecule has 3 rings (SSSR count). The van der Waals surface area contributed by atoms with Crippen molar-refractivity contribution in [3.8, 4) is 5.75 Å². The fraction of sp³-hybridized carbons (Fsp3) is 0.529. The number of methoxy groups -OCH3 is 1. The summed E-state index contributed by atoms with van der Waals surface area (Å²) in [6, 6.07) is 7.19. The predicted molar refractivity (Wildman–Crippen MR) is 101 cm³/mol. The van der Waals surface area contributed by atoms with Crippen LogP contribution in [0.5, 0.6) is 5.75 Å². The maximum Gasteiger partial charge on any atom is 0.248 e. The van der Waals surface area contributed by atoms with Gasteiger partial charge in [0.1, 0.15) is 5.75 Å². The molecule has 8 heteroatoms. The highest BCUT2D eigenvalue weighted by atomic mass is 32.2. The van der Waals surface area contributed by atoms with Crippen molar-refractivity contribution in [2.75, 3.05) is 23.5 Å². The van der Waals surface area contributed by atoms with E-state index in [1.807, 2.05) is 43.0 Å². The Morgan fingerprint density at radius 3 is 2.76 bits per heavy atom. The minimum Gasteiger partial charge on any atom is -0.495 e. The average Bonchev–Trinajstić information content (AvgIpc) is 2.97. The van der Waals surface area contributed by atoms with Gasteiger partial charge in [-0.25, -0.2) is 8.42 Å². The number of thioether (sulfide) groups is 1. The van der Waals surface area contributed by atoms with Gasteiger partial charge >= 0.3 is 0 Å². The van der Waals surface area contributed by atoms with E-state index in [4.69, 9.17) is 4.74 Å². The minimum absolute atomic E-state index is 0.0695. The van der Waals surface area contributed by atoms with E-state index < -0.39 is 9.84 Å². The number of rotatable bonds is 4.